The molecule has 1 amide bonds. The van der Waals surface area contributed by atoms with Gasteiger partial charge in [-0.3, -0.25) is 4.79 Å². The van der Waals surface area contributed by atoms with Gasteiger partial charge >= 0.3 is 0 Å². The number of hydrogen-bond acceptors (Lipinski definition) is 4. The third-order valence-corrected chi connectivity index (χ3v) is 4.66. The van der Waals surface area contributed by atoms with Crippen molar-refractivity contribution in [2.45, 2.75) is 39.2 Å². The molecule has 0 bridgehead atoms. The SMILES string of the molecule is Cc1ncc2c(n1)CCC[C@H]2NC(=O)c1oc2ccccc2c1C. The number of furan rings is 1. The number of nitrogens with one attached hydrogen (secondary N) is 1. The van der Waals surface area contributed by atoms with E-state index in [1.807, 2.05) is 44.3 Å². The molecule has 1 aliphatic rings. The molecule has 0 unspecified atom stereocenters. The van der Waals surface area contributed by atoms with Crippen molar-refractivity contribution < 1.29 is 9.21 Å². The van der Waals surface area contributed by atoms with Crippen molar-refractivity contribution in [3.63, 3.8) is 0 Å². The number of nitrogens with zero attached hydrogens (tertiary/aromatic N) is 2. The van der Waals surface area contributed by atoms with Crippen LogP contribution >= 0.6 is 0 Å². The minimum Gasteiger partial charge on any atom is -0.451 e. The third kappa shape index (κ3) is 2.46. The van der Waals surface area contributed by atoms with Crippen LogP contribution in [0.25, 0.3) is 11.0 Å². The van der Waals surface area contributed by atoms with E-state index in [4.69, 9.17) is 4.42 Å². The summed E-state index contributed by atoms with van der Waals surface area (Å²) in [5.41, 5.74) is 3.68. The Hall–Kier alpha value is -2.69. The predicted molar refractivity (Wildman–Crippen MR) is 90.9 cm³/mol. The molecule has 2 aromatic heterocycles. The summed E-state index contributed by atoms with van der Waals surface area (Å²) in [5, 5.41) is 4.08. The standard InChI is InChI=1S/C19H19N3O2/c1-11-13-6-3-4-9-17(13)24-18(11)19(23)22-16-8-5-7-15-14(16)10-20-12(2)21-15/h3-4,6,9-10,16H,5,7-8H2,1-2H3,(H,22,23)/t16-/m1/s1. The van der Waals surface area contributed by atoms with Crippen LogP contribution < -0.4 is 5.32 Å². The van der Waals surface area contributed by atoms with E-state index in [-0.39, 0.29) is 11.9 Å². The summed E-state index contributed by atoms with van der Waals surface area (Å²) in [7, 11) is 0. The third-order valence-electron chi connectivity index (χ3n) is 4.66. The number of carbonyl (C=O) groups excluding carboxylic acids is 1. The first-order chi connectivity index (χ1) is 11.6. The van der Waals surface area contributed by atoms with Gasteiger partial charge in [-0.05, 0) is 39.2 Å². The Morgan fingerprint density at radius 2 is 2.12 bits per heavy atom. The highest BCUT2D eigenvalue weighted by Gasteiger charge is 2.26. The van der Waals surface area contributed by atoms with Gasteiger partial charge in [0, 0.05) is 28.4 Å². The molecule has 0 spiro atoms. The van der Waals surface area contributed by atoms with Crippen LogP contribution in [0.4, 0.5) is 0 Å². The number of hydrogen-bond donors (Lipinski definition) is 1. The van der Waals surface area contributed by atoms with Crippen LogP contribution in [0.1, 0.15) is 52.1 Å². The Balaban J connectivity index is 1.64. The number of rotatable bonds is 2. The molecule has 4 rings (SSSR count). The predicted octanol–water partition coefficient (Wildman–Crippen LogP) is 3.65. The van der Waals surface area contributed by atoms with Crippen molar-refractivity contribution in [3.05, 3.63) is 58.9 Å². The fourth-order valence-electron chi connectivity index (χ4n) is 3.41. The van der Waals surface area contributed by atoms with Crippen LogP contribution in [0.15, 0.2) is 34.9 Å². The van der Waals surface area contributed by atoms with Gasteiger partial charge in [-0.25, -0.2) is 9.97 Å². The number of aromatic nitrogens is 2. The molecule has 122 valence electrons. The van der Waals surface area contributed by atoms with Crippen LogP contribution in [0.2, 0.25) is 0 Å². The van der Waals surface area contributed by atoms with Gasteiger partial charge < -0.3 is 9.73 Å². The second kappa shape index (κ2) is 5.74. The summed E-state index contributed by atoms with van der Waals surface area (Å²) >= 11 is 0. The normalized spacial score (nSPS) is 16.8. The molecule has 1 aliphatic carbocycles. The molecule has 5 nitrogen and oxygen atoms in total. The lowest BCUT2D eigenvalue weighted by Gasteiger charge is -2.25. The minimum absolute atomic E-state index is 0.0607. The zero-order valence-corrected chi connectivity index (χ0v) is 13.8. The maximum atomic E-state index is 12.7. The Morgan fingerprint density at radius 1 is 1.29 bits per heavy atom. The molecule has 2 heterocycles. The van der Waals surface area contributed by atoms with Crippen molar-refractivity contribution in [2.75, 3.05) is 0 Å². The van der Waals surface area contributed by atoms with Crippen LogP contribution in [0, 0.1) is 13.8 Å². The number of fused-ring (bicyclic) bond motifs is 2. The Bertz CT molecular complexity index is 930. The van der Waals surface area contributed by atoms with Gasteiger partial charge in [-0.1, -0.05) is 18.2 Å². The topological polar surface area (TPSA) is 68.0 Å². The summed E-state index contributed by atoms with van der Waals surface area (Å²) in [4.78, 5) is 21.5. The maximum Gasteiger partial charge on any atom is 0.287 e. The van der Waals surface area contributed by atoms with E-state index in [2.05, 4.69) is 15.3 Å². The molecule has 1 N–H and O–H groups in total. The highest BCUT2D eigenvalue weighted by molar-refractivity contribution is 5.99. The average Bonchev–Trinajstić information content (AvgIpc) is 2.92. The molecule has 0 radical (unpaired) electrons. The van der Waals surface area contributed by atoms with E-state index < -0.39 is 0 Å². The van der Waals surface area contributed by atoms with Crippen LogP contribution in [-0.4, -0.2) is 15.9 Å². The van der Waals surface area contributed by atoms with Crippen LogP contribution in [0.3, 0.4) is 0 Å². The van der Waals surface area contributed by atoms with Gasteiger partial charge in [-0.15, -0.1) is 0 Å². The van der Waals surface area contributed by atoms with E-state index in [9.17, 15) is 4.79 Å². The molecule has 0 saturated carbocycles. The van der Waals surface area contributed by atoms with Crippen LogP contribution in [-0.2, 0) is 6.42 Å². The van der Waals surface area contributed by atoms with Crippen molar-refractivity contribution >= 4 is 16.9 Å². The summed E-state index contributed by atoms with van der Waals surface area (Å²) in [6.45, 7) is 3.81. The fraction of sp³-hybridized carbons (Fsp3) is 0.316. The second-order valence-electron chi connectivity index (χ2n) is 6.29. The lowest BCUT2D eigenvalue weighted by Crippen LogP contribution is -2.31. The monoisotopic (exact) mass is 321 g/mol. The molecule has 1 aromatic carbocycles. The summed E-state index contributed by atoms with van der Waals surface area (Å²) in [6.07, 6.45) is 4.68. The van der Waals surface area contributed by atoms with E-state index in [0.717, 1.165) is 52.9 Å². The van der Waals surface area contributed by atoms with E-state index in [1.54, 1.807) is 0 Å². The molecule has 0 aliphatic heterocycles. The Labute approximate surface area is 140 Å². The fourth-order valence-corrected chi connectivity index (χ4v) is 3.41. The summed E-state index contributed by atoms with van der Waals surface area (Å²) in [5.74, 6) is 0.979. The number of benzene rings is 1. The van der Waals surface area contributed by atoms with Gasteiger partial charge in [0.1, 0.15) is 11.4 Å². The van der Waals surface area contributed by atoms with Crippen molar-refractivity contribution in [2.24, 2.45) is 0 Å². The molecular weight excluding hydrogens is 302 g/mol. The zero-order chi connectivity index (χ0) is 16.7. The number of aryl methyl sites for hydroxylation is 3. The lowest BCUT2D eigenvalue weighted by molar-refractivity contribution is 0.0905. The number of amides is 1. The van der Waals surface area contributed by atoms with Crippen molar-refractivity contribution in [1.29, 1.82) is 0 Å². The molecule has 1 atom stereocenters. The van der Waals surface area contributed by atoms with Crippen molar-refractivity contribution in [3.8, 4) is 0 Å². The van der Waals surface area contributed by atoms with Crippen LogP contribution in [0.5, 0.6) is 0 Å². The van der Waals surface area contributed by atoms with E-state index in [1.165, 1.54) is 0 Å². The van der Waals surface area contributed by atoms with Gasteiger partial charge in [0.05, 0.1) is 6.04 Å². The lowest BCUT2D eigenvalue weighted by atomic mass is 9.92. The Morgan fingerprint density at radius 3 is 2.96 bits per heavy atom. The van der Waals surface area contributed by atoms with E-state index in [0.29, 0.717) is 5.76 Å². The zero-order valence-electron chi connectivity index (χ0n) is 13.8. The number of carbonyl (C=O) groups is 1. The highest BCUT2D eigenvalue weighted by atomic mass is 16.3. The molecule has 0 saturated heterocycles. The second-order valence-corrected chi connectivity index (χ2v) is 6.29. The van der Waals surface area contributed by atoms with Gasteiger partial charge in [0.2, 0.25) is 0 Å². The smallest absolute Gasteiger partial charge is 0.287 e. The molecule has 24 heavy (non-hydrogen) atoms. The number of para-hydroxylation sites is 1. The van der Waals surface area contributed by atoms with Gasteiger partial charge in [-0.2, -0.15) is 0 Å². The van der Waals surface area contributed by atoms with Crippen molar-refractivity contribution in [1.82, 2.24) is 15.3 Å². The molecule has 5 heteroatoms. The average molecular weight is 321 g/mol. The maximum absolute atomic E-state index is 12.7. The van der Waals surface area contributed by atoms with Gasteiger partial charge in [0.25, 0.3) is 5.91 Å². The van der Waals surface area contributed by atoms with E-state index >= 15 is 0 Å². The quantitative estimate of drug-likeness (QED) is 0.782. The minimum atomic E-state index is -0.179. The summed E-state index contributed by atoms with van der Waals surface area (Å²) < 4.78 is 5.77. The summed E-state index contributed by atoms with van der Waals surface area (Å²) in [6, 6.07) is 7.64. The Kier molecular flexibility index (Phi) is 3.56. The highest BCUT2D eigenvalue weighted by Crippen LogP contribution is 2.30. The largest absolute Gasteiger partial charge is 0.451 e. The first-order valence-corrected chi connectivity index (χ1v) is 8.25. The molecular formula is C19H19N3O2. The van der Waals surface area contributed by atoms with Gasteiger partial charge in [0.15, 0.2) is 5.76 Å². The first-order valence-electron chi connectivity index (χ1n) is 8.25. The molecule has 3 aromatic rings. The molecule has 0 fully saturated rings. The first kappa shape index (κ1) is 14.9.